The maximum atomic E-state index is 13.4. The Kier molecular flexibility index (Phi) is 6.64. The molecule has 0 saturated carbocycles. The lowest BCUT2D eigenvalue weighted by Gasteiger charge is -2.26. The van der Waals surface area contributed by atoms with Crippen LogP contribution in [0, 0.1) is 6.92 Å². The van der Waals surface area contributed by atoms with Crippen LogP contribution < -0.4 is 14.4 Å². The number of ether oxygens (including phenoxy) is 1. The van der Waals surface area contributed by atoms with Gasteiger partial charge in [0.1, 0.15) is 12.3 Å². The lowest BCUT2D eigenvalue weighted by atomic mass is 10.2. The highest BCUT2D eigenvalue weighted by Crippen LogP contribution is 2.34. The number of methoxy groups -OCH3 is 1. The van der Waals surface area contributed by atoms with Crippen LogP contribution in [-0.2, 0) is 14.8 Å². The Morgan fingerprint density at radius 1 is 1.03 bits per heavy atom. The molecule has 8 heteroatoms. The molecule has 0 aromatic heterocycles. The number of anilines is 2. The van der Waals surface area contributed by atoms with Gasteiger partial charge in [-0.15, -0.1) is 0 Å². The van der Waals surface area contributed by atoms with E-state index in [0.717, 1.165) is 9.87 Å². The van der Waals surface area contributed by atoms with Crippen LogP contribution in [-0.4, -0.2) is 28.0 Å². The standard InChI is InChI=1S/C22H21ClN2O4S/c1-16-7-6-8-18(13-16)24-22(26)15-25(20-14-17(23)11-12-21(20)29-2)30(27,28)19-9-4-3-5-10-19/h3-14H,15H2,1-2H3,(H,24,26). The minimum absolute atomic E-state index is 0.0513. The van der Waals surface area contributed by atoms with Crippen LogP contribution in [0.4, 0.5) is 11.4 Å². The van der Waals surface area contributed by atoms with Crippen molar-refractivity contribution < 1.29 is 17.9 Å². The van der Waals surface area contributed by atoms with Gasteiger partial charge in [-0.25, -0.2) is 8.42 Å². The van der Waals surface area contributed by atoms with E-state index < -0.39 is 22.5 Å². The second kappa shape index (κ2) is 9.19. The Labute approximate surface area is 181 Å². The summed E-state index contributed by atoms with van der Waals surface area (Å²) in [6, 6.07) is 19.7. The maximum Gasteiger partial charge on any atom is 0.264 e. The van der Waals surface area contributed by atoms with E-state index >= 15 is 0 Å². The van der Waals surface area contributed by atoms with E-state index in [1.807, 2.05) is 19.1 Å². The molecule has 0 unspecified atom stereocenters. The maximum absolute atomic E-state index is 13.4. The van der Waals surface area contributed by atoms with Crippen molar-refractivity contribution in [1.82, 2.24) is 0 Å². The van der Waals surface area contributed by atoms with Gasteiger partial charge in [0.05, 0.1) is 17.7 Å². The predicted octanol–water partition coefficient (Wildman–Crippen LogP) is 4.49. The molecule has 0 atom stereocenters. The molecule has 3 rings (SSSR count). The molecule has 0 heterocycles. The Balaban J connectivity index is 2.02. The highest BCUT2D eigenvalue weighted by atomic mass is 35.5. The number of rotatable bonds is 7. The average Bonchev–Trinajstić information content (AvgIpc) is 2.72. The monoisotopic (exact) mass is 444 g/mol. The van der Waals surface area contributed by atoms with Gasteiger partial charge >= 0.3 is 0 Å². The molecule has 0 aliphatic carbocycles. The summed E-state index contributed by atoms with van der Waals surface area (Å²) in [6.07, 6.45) is 0. The van der Waals surface area contributed by atoms with Gasteiger partial charge in [-0.2, -0.15) is 0 Å². The average molecular weight is 445 g/mol. The molecular weight excluding hydrogens is 424 g/mol. The summed E-state index contributed by atoms with van der Waals surface area (Å²) in [5.41, 5.74) is 1.72. The molecule has 0 bridgehead atoms. The van der Waals surface area contributed by atoms with Gasteiger partial charge < -0.3 is 10.1 Å². The Bertz CT molecular complexity index is 1150. The molecule has 0 fully saturated rings. The molecular formula is C22H21ClN2O4S. The van der Waals surface area contributed by atoms with Gasteiger partial charge in [-0.3, -0.25) is 9.10 Å². The van der Waals surface area contributed by atoms with Crippen molar-refractivity contribution in [2.24, 2.45) is 0 Å². The van der Waals surface area contributed by atoms with Crippen LogP contribution in [0.5, 0.6) is 5.75 Å². The molecule has 30 heavy (non-hydrogen) atoms. The summed E-state index contributed by atoms with van der Waals surface area (Å²) in [7, 11) is -2.64. The van der Waals surface area contributed by atoms with Crippen molar-refractivity contribution in [3.05, 3.63) is 83.4 Å². The number of hydrogen-bond donors (Lipinski definition) is 1. The number of aryl methyl sites for hydroxylation is 1. The first-order valence-corrected chi connectivity index (χ1v) is 10.9. The smallest absolute Gasteiger partial charge is 0.264 e. The van der Waals surface area contributed by atoms with E-state index in [1.54, 1.807) is 42.5 Å². The number of carbonyl (C=O) groups is 1. The number of halogens is 1. The molecule has 1 N–H and O–H groups in total. The van der Waals surface area contributed by atoms with Crippen LogP contribution in [0.15, 0.2) is 77.7 Å². The minimum atomic E-state index is -4.07. The number of amides is 1. The lowest BCUT2D eigenvalue weighted by molar-refractivity contribution is -0.114. The van der Waals surface area contributed by atoms with Gasteiger partial charge in [0.2, 0.25) is 5.91 Å². The van der Waals surface area contributed by atoms with Crippen molar-refractivity contribution >= 4 is 38.9 Å². The largest absolute Gasteiger partial charge is 0.495 e. The first-order valence-electron chi connectivity index (χ1n) is 9.09. The van der Waals surface area contributed by atoms with Crippen LogP contribution in [0.25, 0.3) is 0 Å². The third kappa shape index (κ3) is 4.93. The number of benzene rings is 3. The molecule has 3 aromatic carbocycles. The number of nitrogens with zero attached hydrogens (tertiary/aromatic N) is 1. The number of nitrogens with one attached hydrogen (secondary N) is 1. The number of hydrogen-bond acceptors (Lipinski definition) is 4. The Morgan fingerprint density at radius 3 is 2.43 bits per heavy atom. The normalized spacial score (nSPS) is 11.0. The Morgan fingerprint density at radius 2 is 1.77 bits per heavy atom. The van der Waals surface area contributed by atoms with Gasteiger partial charge in [-0.1, -0.05) is 41.9 Å². The minimum Gasteiger partial charge on any atom is -0.495 e. The van der Waals surface area contributed by atoms with Gasteiger partial charge in [-0.05, 0) is 55.0 Å². The predicted molar refractivity (Wildman–Crippen MR) is 119 cm³/mol. The second-order valence-corrected chi connectivity index (χ2v) is 8.86. The fourth-order valence-electron chi connectivity index (χ4n) is 2.93. The molecule has 3 aromatic rings. The van der Waals surface area contributed by atoms with Crippen molar-refractivity contribution in [3.8, 4) is 5.75 Å². The fourth-order valence-corrected chi connectivity index (χ4v) is 4.54. The third-order valence-electron chi connectivity index (χ3n) is 4.33. The summed E-state index contributed by atoms with van der Waals surface area (Å²) >= 11 is 6.12. The van der Waals surface area contributed by atoms with E-state index in [0.29, 0.717) is 10.7 Å². The summed E-state index contributed by atoms with van der Waals surface area (Å²) in [4.78, 5) is 12.8. The van der Waals surface area contributed by atoms with E-state index in [9.17, 15) is 13.2 Å². The molecule has 6 nitrogen and oxygen atoms in total. The molecule has 1 amide bonds. The van der Waals surface area contributed by atoms with E-state index in [2.05, 4.69) is 5.32 Å². The van der Waals surface area contributed by atoms with E-state index in [4.69, 9.17) is 16.3 Å². The lowest BCUT2D eigenvalue weighted by Crippen LogP contribution is -2.38. The SMILES string of the molecule is COc1ccc(Cl)cc1N(CC(=O)Nc1cccc(C)c1)S(=O)(=O)c1ccccc1. The van der Waals surface area contributed by atoms with Crippen LogP contribution >= 0.6 is 11.6 Å². The van der Waals surface area contributed by atoms with Crippen molar-refractivity contribution in [1.29, 1.82) is 0 Å². The molecule has 0 aliphatic heterocycles. The molecule has 0 radical (unpaired) electrons. The van der Waals surface area contributed by atoms with E-state index in [-0.39, 0.29) is 16.3 Å². The molecule has 0 saturated heterocycles. The third-order valence-corrected chi connectivity index (χ3v) is 6.34. The number of carbonyl (C=O) groups excluding carboxylic acids is 1. The Hall–Kier alpha value is -3.03. The van der Waals surface area contributed by atoms with Gasteiger partial charge in [0.15, 0.2) is 0 Å². The summed E-state index contributed by atoms with van der Waals surface area (Å²) in [5.74, 6) is -0.218. The number of sulfonamides is 1. The van der Waals surface area contributed by atoms with Crippen LogP contribution in [0.2, 0.25) is 5.02 Å². The molecule has 156 valence electrons. The zero-order valence-electron chi connectivity index (χ0n) is 16.5. The van der Waals surface area contributed by atoms with Gasteiger partial charge in [0, 0.05) is 10.7 Å². The highest BCUT2D eigenvalue weighted by molar-refractivity contribution is 7.92. The molecule has 0 spiro atoms. The van der Waals surface area contributed by atoms with Crippen LogP contribution in [0.3, 0.4) is 0 Å². The molecule has 0 aliphatic rings. The first kappa shape index (κ1) is 21.7. The summed E-state index contributed by atoms with van der Waals surface area (Å²) in [6.45, 7) is 1.44. The fraction of sp³-hybridized carbons (Fsp3) is 0.136. The highest BCUT2D eigenvalue weighted by Gasteiger charge is 2.29. The second-order valence-electron chi connectivity index (χ2n) is 6.56. The van der Waals surface area contributed by atoms with Crippen molar-refractivity contribution in [2.45, 2.75) is 11.8 Å². The summed E-state index contributed by atoms with van der Waals surface area (Å²) < 4.78 is 33.1. The van der Waals surface area contributed by atoms with Crippen molar-refractivity contribution in [3.63, 3.8) is 0 Å². The zero-order valence-corrected chi connectivity index (χ0v) is 18.1. The van der Waals surface area contributed by atoms with Crippen molar-refractivity contribution in [2.75, 3.05) is 23.3 Å². The van der Waals surface area contributed by atoms with E-state index in [1.165, 1.54) is 25.3 Å². The van der Waals surface area contributed by atoms with Gasteiger partial charge in [0.25, 0.3) is 10.0 Å². The van der Waals surface area contributed by atoms with Crippen LogP contribution in [0.1, 0.15) is 5.56 Å². The zero-order chi connectivity index (χ0) is 21.7. The summed E-state index contributed by atoms with van der Waals surface area (Å²) in [5, 5.41) is 3.06. The first-order chi connectivity index (χ1) is 14.3. The quantitative estimate of drug-likeness (QED) is 0.582. The topological polar surface area (TPSA) is 75.7 Å².